The summed E-state index contributed by atoms with van der Waals surface area (Å²) in [5, 5.41) is 3.04. The minimum absolute atomic E-state index is 0.0332. The van der Waals surface area contributed by atoms with Crippen molar-refractivity contribution < 1.29 is 9.53 Å². The first-order valence-electron chi connectivity index (χ1n) is 6.72. The average molecular weight is 298 g/mol. The topological polar surface area (TPSA) is 64.1 Å². The van der Waals surface area contributed by atoms with Gasteiger partial charge in [0.05, 0.1) is 23.3 Å². The third kappa shape index (κ3) is 3.46. The number of aromatic nitrogens is 2. The van der Waals surface area contributed by atoms with Crippen LogP contribution in [-0.4, -0.2) is 34.1 Å². The molecular formula is C14H20ClN3O2. The summed E-state index contributed by atoms with van der Waals surface area (Å²) in [6, 6.07) is 1.73. The van der Waals surface area contributed by atoms with E-state index in [1.54, 1.807) is 12.3 Å². The molecule has 2 rings (SSSR count). The number of hydrogen-bond donors (Lipinski definition) is 1. The summed E-state index contributed by atoms with van der Waals surface area (Å²) in [5.41, 5.74) is 0.396. The lowest BCUT2D eigenvalue weighted by atomic mass is 9.88. The molecule has 2 heterocycles. The number of ether oxygens (including phenoxy) is 1. The van der Waals surface area contributed by atoms with Crippen LogP contribution in [-0.2, 0) is 9.53 Å². The van der Waals surface area contributed by atoms with Gasteiger partial charge in [0.2, 0.25) is 11.2 Å². The Morgan fingerprint density at radius 3 is 2.80 bits per heavy atom. The number of carbonyl (C=O) groups is 1. The van der Waals surface area contributed by atoms with Crippen molar-refractivity contribution in [2.24, 2.45) is 5.92 Å². The van der Waals surface area contributed by atoms with Gasteiger partial charge in [-0.2, -0.15) is 0 Å². The Bertz CT molecular complexity index is 501. The van der Waals surface area contributed by atoms with Gasteiger partial charge in [-0.05, 0) is 45.4 Å². The molecule has 0 aromatic carbocycles. The van der Waals surface area contributed by atoms with Crippen molar-refractivity contribution in [2.45, 2.75) is 45.3 Å². The van der Waals surface area contributed by atoms with Gasteiger partial charge in [0.1, 0.15) is 0 Å². The van der Waals surface area contributed by atoms with Crippen molar-refractivity contribution in [1.29, 1.82) is 0 Å². The normalized spacial score (nSPS) is 24.6. The highest BCUT2D eigenvalue weighted by Gasteiger charge is 2.41. The Morgan fingerprint density at radius 2 is 2.20 bits per heavy atom. The van der Waals surface area contributed by atoms with E-state index in [9.17, 15) is 4.79 Å². The molecule has 0 spiro atoms. The summed E-state index contributed by atoms with van der Waals surface area (Å²) in [6.07, 6.45) is 1.51. The molecule has 1 unspecified atom stereocenters. The fraction of sp³-hybridized carbons (Fsp3) is 0.643. The summed E-state index contributed by atoms with van der Waals surface area (Å²) in [5.74, 6) is -0.338. The highest BCUT2D eigenvalue weighted by Crippen LogP contribution is 2.33. The Morgan fingerprint density at radius 1 is 1.50 bits per heavy atom. The maximum absolute atomic E-state index is 12.1. The van der Waals surface area contributed by atoms with Crippen LogP contribution < -0.4 is 5.32 Å². The molecule has 1 saturated heterocycles. The van der Waals surface area contributed by atoms with Gasteiger partial charge in [-0.25, -0.2) is 9.97 Å². The first-order valence-corrected chi connectivity index (χ1v) is 7.10. The maximum atomic E-state index is 12.1. The largest absolute Gasteiger partial charge is 0.373 e. The number of nitrogens with zero attached hydrogens (tertiary/aromatic N) is 2. The molecule has 110 valence electrons. The van der Waals surface area contributed by atoms with E-state index in [0.717, 1.165) is 0 Å². The summed E-state index contributed by atoms with van der Waals surface area (Å²) in [7, 11) is 0. The Kier molecular flexibility index (Phi) is 4.30. The van der Waals surface area contributed by atoms with Gasteiger partial charge in [-0.1, -0.05) is 0 Å². The molecule has 1 aliphatic heterocycles. The van der Waals surface area contributed by atoms with Gasteiger partial charge in [0.15, 0.2) is 0 Å². The third-order valence-electron chi connectivity index (χ3n) is 3.33. The van der Waals surface area contributed by atoms with E-state index in [1.807, 2.05) is 27.7 Å². The lowest BCUT2D eigenvalue weighted by Crippen LogP contribution is -2.34. The molecule has 3 atom stereocenters. The quantitative estimate of drug-likeness (QED) is 0.869. The highest BCUT2D eigenvalue weighted by molar-refractivity contribution is 6.28. The van der Waals surface area contributed by atoms with Crippen LogP contribution in [0.1, 0.15) is 39.3 Å². The van der Waals surface area contributed by atoms with Gasteiger partial charge in [-0.3, -0.25) is 4.79 Å². The van der Waals surface area contributed by atoms with Crippen LogP contribution in [0.2, 0.25) is 5.28 Å². The van der Waals surface area contributed by atoms with Gasteiger partial charge in [0.25, 0.3) is 0 Å². The van der Waals surface area contributed by atoms with E-state index in [2.05, 4.69) is 15.3 Å². The van der Waals surface area contributed by atoms with Gasteiger partial charge < -0.3 is 10.1 Å². The number of rotatable bonds is 3. The van der Waals surface area contributed by atoms with Gasteiger partial charge >= 0.3 is 0 Å². The lowest BCUT2D eigenvalue weighted by Gasteiger charge is -2.30. The lowest BCUT2D eigenvalue weighted by molar-refractivity contribution is -0.122. The van der Waals surface area contributed by atoms with Crippen molar-refractivity contribution in [2.75, 3.05) is 6.54 Å². The maximum Gasteiger partial charge on any atom is 0.229 e. The van der Waals surface area contributed by atoms with Crippen molar-refractivity contribution in [1.82, 2.24) is 15.3 Å². The monoisotopic (exact) mass is 297 g/mol. The smallest absolute Gasteiger partial charge is 0.229 e. The van der Waals surface area contributed by atoms with E-state index in [0.29, 0.717) is 12.2 Å². The molecule has 0 saturated carbocycles. The highest BCUT2D eigenvalue weighted by atomic mass is 35.5. The Labute approximate surface area is 124 Å². The minimum atomic E-state index is -0.340. The molecule has 20 heavy (non-hydrogen) atoms. The molecule has 0 bridgehead atoms. The molecule has 1 amide bonds. The van der Waals surface area contributed by atoms with Crippen LogP contribution in [0.4, 0.5) is 0 Å². The van der Waals surface area contributed by atoms with Crippen molar-refractivity contribution in [3.8, 4) is 0 Å². The van der Waals surface area contributed by atoms with Gasteiger partial charge in [0, 0.05) is 18.7 Å². The second-order valence-corrected chi connectivity index (χ2v) is 6.41. The van der Waals surface area contributed by atoms with Crippen LogP contribution in [0.3, 0.4) is 0 Å². The van der Waals surface area contributed by atoms with Crippen molar-refractivity contribution in [3.63, 3.8) is 0 Å². The van der Waals surface area contributed by atoms with Gasteiger partial charge in [-0.15, -0.1) is 0 Å². The molecule has 0 radical (unpaired) electrons. The predicted octanol–water partition coefficient (Wildman–Crippen LogP) is 2.16. The van der Waals surface area contributed by atoms with Crippen molar-refractivity contribution in [3.05, 3.63) is 23.2 Å². The van der Waals surface area contributed by atoms with Crippen LogP contribution >= 0.6 is 11.6 Å². The molecule has 0 aliphatic carbocycles. The SMILES string of the molecule is C[C@H](OC(C)(C)C)C1CNC(=O)[C@H]1c1ccnc(Cl)n1. The zero-order valence-electron chi connectivity index (χ0n) is 12.2. The third-order valence-corrected chi connectivity index (χ3v) is 3.51. The standard InChI is InChI=1S/C14H20ClN3O2/c1-8(20-14(2,3)4)9-7-17-12(19)11(9)10-5-6-16-13(15)18-10/h5-6,8-9,11H,7H2,1-4H3,(H,17,19)/t8-,9?,11+/m0/s1. The molecule has 1 aromatic heterocycles. The fourth-order valence-electron chi connectivity index (χ4n) is 2.60. The van der Waals surface area contributed by atoms with Crippen molar-refractivity contribution >= 4 is 17.5 Å². The zero-order chi connectivity index (χ0) is 14.9. The Hall–Kier alpha value is -1.20. The number of carbonyl (C=O) groups excluding carboxylic acids is 1. The fourth-order valence-corrected chi connectivity index (χ4v) is 2.75. The number of nitrogens with one attached hydrogen (secondary N) is 1. The zero-order valence-corrected chi connectivity index (χ0v) is 12.9. The van der Waals surface area contributed by atoms with Crippen LogP contribution in [0.15, 0.2) is 12.3 Å². The molecule has 1 aromatic rings. The molecule has 1 N–H and O–H groups in total. The van der Waals surface area contributed by atoms with Crippen LogP contribution in [0.25, 0.3) is 0 Å². The molecule has 6 heteroatoms. The Balaban J connectivity index is 2.23. The van der Waals surface area contributed by atoms with Crippen LogP contribution in [0, 0.1) is 5.92 Å². The number of hydrogen-bond acceptors (Lipinski definition) is 4. The molecule has 1 fully saturated rings. The predicted molar refractivity (Wildman–Crippen MR) is 76.6 cm³/mol. The first-order chi connectivity index (χ1) is 9.28. The van der Waals surface area contributed by atoms with E-state index in [1.165, 1.54) is 0 Å². The minimum Gasteiger partial charge on any atom is -0.373 e. The number of amides is 1. The summed E-state index contributed by atoms with van der Waals surface area (Å²) in [4.78, 5) is 20.1. The average Bonchev–Trinajstić information content (AvgIpc) is 2.69. The molecule has 1 aliphatic rings. The van der Waals surface area contributed by atoms with E-state index in [4.69, 9.17) is 16.3 Å². The number of halogens is 1. The molecular weight excluding hydrogens is 278 g/mol. The summed E-state index contributed by atoms with van der Waals surface area (Å²) >= 11 is 5.82. The first kappa shape index (κ1) is 15.2. The van der Waals surface area contributed by atoms with E-state index >= 15 is 0 Å². The second kappa shape index (κ2) is 5.66. The summed E-state index contributed by atoms with van der Waals surface area (Å²) in [6.45, 7) is 8.59. The van der Waals surface area contributed by atoms with Crippen LogP contribution in [0.5, 0.6) is 0 Å². The summed E-state index contributed by atoms with van der Waals surface area (Å²) < 4.78 is 5.98. The molecule has 5 nitrogen and oxygen atoms in total. The van der Waals surface area contributed by atoms with E-state index < -0.39 is 0 Å². The second-order valence-electron chi connectivity index (χ2n) is 6.07. The van der Waals surface area contributed by atoms with E-state index in [-0.39, 0.29) is 34.7 Å².